The number of guanidine groups is 1. The van der Waals surface area contributed by atoms with Crippen LogP contribution in [-0.4, -0.2) is 5.96 Å². The summed E-state index contributed by atoms with van der Waals surface area (Å²) < 4.78 is 2.21. The van der Waals surface area contributed by atoms with E-state index in [1.807, 2.05) is 0 Å². The summed E-state index contributed by atoms with van der Waals surface area (Å²) >= 11 is 0.722. The minimum atomic E-state index is -0.202. The molecule has 0 saturated carbocycles. The average molecular weight is 133 g/mol. The van der Waals surface area contributed by atoms with Crippen molar-refractivity contribution in [3.63, 3.8) is 0 Å². The van der Waals surface area contributed by atoms with Crippen molar-refractivity contribution in [2.24, 2.45) is 5.73 Å². The summed E-state index contributed by atoms with van der Waals surface area (Å²) in [5.41, 5.74) is 4.78. The Bertz CT molecular complexity index is 103. The summed E-state index contributed by atoms with van der Waals surface area (Å²) in [5.74, 6) is -0.202. The zero-order valence-electron chi connectivity index (χ0n) is 4.14. The van der Waals surface area contributed by atoms with Crippen LogP contribution in [0, 0.1) is 16.1 Å². The van der Waals surface area contributed by atoms with Crippen LogP contribution in [0.4, 0.5) is 0 Å². The molecule has 0 atom stereocenters. The number of hydrogen-bond donors (Lipinski definition) is 4. The van der Waals surface area contributed by atoms with Gasteiger partial charge < -0.3 is 11.9 Å². The number of nitrogens with two attached hydrogens (primary N) is 1. The number of rotatable bonds is 1. The lowest BCUT2D eigenvalue weighted by atomic mass is 11.1. The molecule has 0 aliphatic carbocycles. The summed E-state index contributed by atoms with van der Waals surface area (Å²) in [6.45, 7) is 0. The maximum absolute atomic E-state index is 7.81. The van der Waals surface area contributed by atoms with Gasteiger partial charge in [-0.15, -0.1) is 0 Å². The third-order valence-electron chi connectivity index (χ3n) is 0.207. The quantitative estimate of drug-likeness (QED) is 0.170. The first-order valence-electron chi connectivity index (χ1n) is 1.42. The molecule has 0 saturated heterocycles. The molecule has 0 unspecified atom stereocenters. The van der Waals surface area contributed by atoms with Gasteiger partial charge in [0.1, 0.15) is 0 Å². The lowest BCUT2D eigenvalue weighted by molar-refractivity contribution is 1.32. The van der Waals surface area contributed by atoms with E-state index in [2.05, 4.69) is 4.72 Å². The smallest absolute Gasteiger partial charge is 0.196 e. The molecule has 5 nitrogen and oxygen atoms in total. The summed E-state index contributed by atoms with van der Waals surface area (Å²) in [5, 5.41) is 16.0. The lowest BCUT2D eigenvalue weighted by Crippen LogP contribution is -2.23. The van der Waals surface area contributed by atoms with Crippen molar-refractivity contribution >= 4 is 17.9 Å². The summed E-state index contributed by atoms with van der Waals surface area (Å²) in [4.78, 5) is 0. The summed E-state index contributed by atoms with van der Waals surface area (Å²) in [6, 6.07) is 0. The van der Waals surface area contributed by atoms with E-state index in [1.54, 1.807) is 5.40 Å². The predicted molar refractivity (Wildman–Crippen MR) is 33.3 cm³/mol. The number of thiocyanates is 1. The van der Waals surface area contributed by atoms with E-state index in [9.17, 15) is 0 Å². The second-order valence-corrected chi connectivity index (χ2v) is 1.30. The van der Waals surface area contributed by atoms with Crippen LogP contribution in [-0.2, 0) is 0 Å². The van der Waals surface area contributed by atoms with Crippen LogP contribution < -0.4 is 16.6 Å². The predicted octanol–water partition coefficient (Wildman–Crippen LogP) is -0.239. The summed E-state index contributed by atoms with van der Waals surface area (Å²) in [7, 11) is 0. The maximum atomic E-state index is 7.81. The largest absolute Gasteiger partial charge is 0.369 e. The van der Waals surface area contributed by atoms with Gasteiger partial charge in [0.2, 0.25) is 0 Å². The van der Waals surface area contributed by atoms with Crippen molar-refractivity contribution in [2.75, 3.05) is 0 Å². The van der Waals surface area contributed by atoms with Crippen molar-refractivity contribution in [3.05, 3.63) is 0 Å². The highest BCUT2D eigenvalue weighted by atomic mass is 32.2. The molecule has 8 heavy (non-hydrogen) atoms. The third kappa shape index (κ3) is 8.91. The topological polar surface area (TPSA) is 121 Å². The highest BCUT2D eigenvalue weighted by molar-refractivity contribution is 8.02. The Labute approximate surface area is 51.5 Å². The number of nitrogens with one attached hydrogen (secondary N) is 2. The van der Waals surface area contributed by atoms with Crippen molar-refractivity contribution in [2.45, 2.75) is 0 Å². The molecule has 0 aliphatic rings. The van der Waals surface area contributed by atoms with Crippen LogP contribution in [0.25, 0.3) is 0 Å². The van der Waals surface area contributed by atoms with E-state index >= 15 is 0 Å². The molecule has 7 N–H and O–H groups in total. The minimum Gasteiger partial charge on any atom is -0.369 e. The van der Waals surface area contributed by atoms with Gasteiger partial charge in [0, 0.05) is 0 Å². The molecule has 0 aromatic carbocycles. The second kappa shape index (κ2) is 6.07. The fraction of sp³-hybridized carbons (Fsp3) is 0. The van der Waals surface area contributed by atoms with Crippen LogP contribution in [0.3, 0.4) is 0 Å². The van der Waals surface area contributed by atoms with E-state index < -0.39 is 0 Å². The zero-order valence-corrected chi connectivity index (χ0v) is 4.96. The number of nitriles is 1. The van der Waals surface area contributed by atoms with Gasteiger partial charge in [0.05, 0.1) is 11.9 Å². The Morgan fingerprint density at radius 3 is 2.50 bits per heavy atom. The van der Waals surface area contributed by atoms with Crippen molar-refractivity contribution in [1.29, 1.82) is 10.7 Å². The molecular formula is C2H7N5S. The number of hydrogen-bond acceptors (Lipinski definition) is 4. The minimum absolute atomic E-state index is 0. The molecule has 0 amide bonds. The first kappa shape index (κ1) is 10.1. The Balaban J connectivity index is 0. The standard InChI is InChI=1S/C2H4N4S.H3N/c3-1-7-6-2(4)5;/h(H4,4,5,6);1H3. The summed E-state index contributed by atoms with van der Waals surface area (Å²) in [6.07, 6.45) is 0. The van der Waals surface area contributed by atoms with E-state index in [4.69, 9.17) is 16.4 Å². The zero-order chi connectivity index (χ0) is 5.70. The molecule has 0 rings (SSSR count). The van der Waals surface area contributed by atoms with Gasteiger partial charge >= 0.3 is 0 Å². The molecule has 6 heteroatoms. The fourth-order valence-electron chi connectivity index (χ4n) is 0.0778. The number of nitrogens with zero attached hydrogens (tertiary/aromatic N) is 1. The van der Waals surface area contributed by atoms with Crippen LogP contribution in [0.2, 0.25) is 0 Å². The van der Waals surface area contributed by atoms with E-state index in [1.165, 1.54) is 0 Å². The van der Waals surface area contributed by atoms with Crippen LogP contribution in [0.5, 0.6) is 0 Å². The van der Waals surface area contributed by atoms with Gasteiger partial charge in [-0.25, -0.2) is 0 Å². The molecule has 0 fully saturated rings. The van der Waals surface area contributed by atoms with Gasteiger partial charge in [-0.05, 0) is 0 Å². The molecule has 46 valence electrons. The van der Waals surface area contributed by atoms with E-state index in [0.717, 1.165) is 11.9 Å². The highest BCUT2D eigenvalue weighted by Gasteiger charge is 1.80. The van der Waals surface area contributed by atoms with Crippen LogP contribution in [0.15, 0.2) is 0 Å². The monoisotopic (exact) mass is 133 g/mol. The van der Waals surface area contributed by atoms with Gasteiger partial charge in [-0.1, -0.05) is 0 Å². The van der Waals surface area contributed by atoms with E-state index in [-0.39, 0.29) is 12.1 Å². The SMILES string of the molecule is N.N#CSNC(=N)N. The average Bonchev–Trinajstić information content (AvgIpc) is 1.61. The van der Waals surface area contributed by atoms with Gasteiger partial charge in [0.25, 0.3) is 0 Å². The molecule has 0 aromatic heterocycles. The Morgan fingerprint density at radius 2 is 2.38 bits per heavy atom. The third-order valence-corrected chi connectivity index (χ3v) is 0.620. The molecular weight excluding hydrogens is 126 g/mol. The van der Waals surface area contributed by atoms with Crippen LogP contribution >= 0.6 is 11.9 Å². The normalized spacial score (nSPS) is 5.88. The molecule has 0 bridgehead atoms. The highest BCUT2D eigenvalue weighted by Crippen LogP contribution is 1.81. The molecule has 0 spiro atoms. The first-order valence-corrected chi connectivity index (χ1v) is 2.24. The van der Waals surface area contributed by atoms with E-state index in [0.29, 0.717) is 0 Å². The molecule has 0 aliphatic heterocycles. The second-order valence-electron chi connectivity index (χ2n) is 0.709. The van der Waals surface area contributed by atoms with Crippen molar-refractivity contribution in [1.82, 2.24) is 10.9 Å². The fourth-order valence-corrected chi connectivity index (χ4v) is 0.233. The maximum Gasteiger partial charge on any atom is 0.196 e. The van der Waals surface area contributed by atoms with Gasteiger partial charge in [-0.3, -0.25) is 10.1 Å². The van der Waals surface area contributed by atoms with Crippen LogP contribution in [0.1, 0.15) is 0 Å². The first-order chi connectivity index (χ1) is 3.27. The van der Waals surface area contributed by atoms with Gasteiger partial charge in [0.15, 0.2) is 11.4 Å². The van der Waals surface area contributed by atoms with Crippen molar-refractivity contribution in [3.8, 4) is 5.40 Å². The molecule has 0 heterocycles. The van der Waals surface area contributed by atoms with Gasteiger partial charge in [-0.2, -0.15) is 5.26 Å². The Morgan fingerprint density at radius 1 is 1.88 bits per heavy atom. The van der Waals surface area contributed by atoms with Crippen molar-refractivity contribution < 1.29 is 0 Å². The molecule has 0 aromatic rings. The lowest BCUT2D eigenvalue weighted by Gasteiger charge is -1.89. The Hall–Kier alpha value is -0.930. The molecule has 0 radical (unpaired) electrons. The Kier molecular flexibility index (Phi) is 7.69.